The van der Waals surface area contributed by atoms with Crippen molar-refractivity contribution in [3.63, 3.8) is 0 Å². The second kappa shape index (κ2) is 14.1. The normalized spacial score (nSPS) is 12.8. The number of sulfonamides is 1. The van der Waals surface area contributed by atoms with Crippen molar-refractivity contribution in [2.75, 3.05) is 18.0 Å². The molecular weight excluding hydrogens is 585 g/mol. The molecule has 0 bridgehead atoms. The van der Waals surface area contributed by atoms with Crippen LogP contribution in [0.4, 0.5) is 5.69 Å². The van der Waals surface area contributed by atoms with E-state index in [1.165, 1.54) is 24.1 Å². The minimum Gasteiger partial charge on any atom is -0.497 e. The zero-order valence-corrected chi connectivity index (χ0v) is 26.1. The van der Waals surface area contributed by atoms with E-state index >= 15 is 0 Å². The first-order valence-corrected chi connectivity index (χ1v) is 15.3. The predicted molar refractivity (Wildman–Crippen MR) is 163 cm³/mol. The van der Waals surface area contributed by atoms with Crippen LogP contribution in [0, 0.1) is 6.92 Å². The summed E-state index contributed by atoms with van der Waals surface area (Å²) in [6.45, 7) is 6.56. The molecule has 11 heteroatoms. The Bertz CT molecular complexity index is 1440. The van der Waals surface area contributed by atoms with Crippen molar-refractivity contribution in [1.29, 1.82) is 0 Å². The van der Waals surface area contributed by atoms with E-state index in [-0.39, 0.29) is 29.1 Å². The summed E-state index contributed by atoms with van der Waals surface area (Å²) >= 11 is 12.8. The van der Waals surface area contributed by atoms with Crippen LogP contribution in [0.5, 0.6) is 5.75 Å². The highest BCUT2D eigenvalue weighted by Crippen LogP contribution is 2.29. The lowest BCUT2D eigenvalue weighted by Crippen LogP contribution is -2.52. The lowest BCUT2D eigenvalue weighted by atomic mass is 10.1. The number of halogens is 2. The molecule has 0 aliphatic carbocycles. The van der Waals surface area contributed by atoms with Gasteiger partial charge in [0.05, 0.1) is 17.7 Å². The number of rotatable bonds is 12. The Morgan fingerprint density at radius 2 is 1.54 bits per heavy atom. The summed E-state index contributed by atoms with van der Waals surface area (Å²) in [6, 6.07) is 16.6. The number of amides is 2. The first-order chi connectivity index (χ1) is 19.4. The van der Waals surface area contributed by atoms with E-state index in [1.807, 2.05) is 20.8 Å². The molecule has 0 heterocycles. The molecule has 0 radical (unpaired) electrons. The summed E-state index contributed by atoms with van der Waals surface area (Å²) in [5.74, 6) is -0.467. The molecule has 2 unspecified atom stereocenters. The van der Waals surface area contributed by atoms with Gasteiger partial charge in [0, 0.05) is 28.2 Å². The number of methoxy groups -OCH3 is 1. The summed E-state index contributed by atoms with van der Waals surface area (Å²) in [6.07, 6.45) is 0.697. The lowest BCUT2D eigenvalue weighted by Gasteiger charge is -2.33. The van der Waals surface area contributed by atoms with Gasteiger partial charge in [-0.05, 0) is 75.7 Å². The van der Waals surface area contributed by atoms with E-state index in [1.54, 1.807) is 61.5 Å². The van der Waals surface area contributed by atoms with Crippen molar-refractivity contribution in [2.24, 2.45) is 0 Å². The van der Waals surface area contributed by atoms with Crippen LogP contribution in [0.2, 0.25) is 10.0 Å². The van der Waals surface area contributed by atoms with Gasteiger partial charge in [-0.2, -0.15) is 0 Å². The summed E-state index contributed by atoms with van der Waals surface area (Å²) in [5, 5.41) is 3.54. The van der Waals surface area contributed by atoms with Crippen LogP contribution in [0.3, 0.4) is 0 Å². The Hall–Kier alpha value is -3.27. The van der Waals surface area contributed by atoms with Gasteiger partial charge in [0.2, 0.25) is 11.8 Å². The molecule has 8 nitrogen and oxygen atoms in total. The molecule has 3 aromatic carbocycles. The topological polar surface area (TPSA) is 96.0 Å². The third kappa shape index (κ3) is 7.93. The number of nitrogens with one attached hydrogen (secondary N) is 1. The van der Waals surface area contributed by atoms with Gasteiger partial charge in [-0.25, -0.2) is 8.42 Å². The fourth-order valence-electron chi connectivity index (χ4n) is 4.02. The van der Waals surface area contributed by atoms with E-state index in [9.17, 15) is 18.0 Å². The van der Waals surface area contributed by atoms with Gasteiger partial charge in [0.15, 0.2) is 0 Å². The molecule has 0 aliphatic heterocycles. The summed E-state index contributed by atoms with van der Waals surface area (Å²) in [5.41, 5.74) is 1.59. The fraction of sp³-hybridized carbons (Fsp3) is 0.333. The number of carbonyl (C=O) groups is 2. The minimum atomic E-state index is -4.18. The highest BCUT2D eigenvalue weighted by atomic mass is 35.5. The standard InChI is InChI=1S/C30H35Cl2N3O5S/c1-6-21(3)33-30(37)22(4)34(18-26-27(31)8-7-9-28(26)32)29(36)19-35(23-12-14-24(40-5)15-13-23)41(38,39)25-16-10-20(2)11-17-25/h7-17,21-22H,6,18-19H2,1-5H3,(H,33,37). The van der Waals surface area contributed by atoms with E-state index in [0.717, 1.165) is 9.87 Å². The first kappa shape index (κ1) is 32.2. The molecule has 0 spiro atoms. The summed E-state index contributed by atoms with van der Waals surface area (Å²) in [4.78, 5) is 28.5. The van der Waals surface area contributed by atoms with E-state index in [4.69, 9.17) is 27.9 Å². The van der Waals surface area contributed by atoms with Crippen molar-refractivity contribution >= 4 is 50.7 Å². The third-order valence-corrected chi connectivity index (χ3v) is 9.30. The van der Waals surface area contributed by atoms with E-state index in [2.05, 4.69) is 5.32 Å². The van der Waals surface area contributed by atoms with Crippen molar-refractivity contribution in [3.05, 3.63) is 87.9 Å². The van der Waals surface area contributed by atoms with Gasteiger partial charge < -0.3 is 15.0 Å². The minimum absolute atomic E-state index is 0.0231. The number of benzene rings is 3. The van der Waals surface area contributed by atoms with Crippen LogP contribution >= 0.6 is 23.2 Å². The van der Waals surface area contributed by atoms with Crippen LogP contribution in [0.25, 0.3) is 0 Å². The third-order valence-electron chi connectivity index (χ3n) is 6.81. The van der Waals surface area contributed by atoms with Gasteiger partial charge in [0.1, 0.15) is 18.3 Å². The smallest absolute Gasteiger partial charge is 0.264 e. The molecular formula is C30H35Cl2N3O5S. The molecule has 3 aromatic rings. The molecule has 1 N–H and O–H groups in total. The molecule has 0 aromatic heterocycles. The predicted octanol–water partition coefficient (Wildman–Crippen LogP) is 5.84. The van der Waals surface area contributed by atoms with Gasteiger partial charge in [-0.3, -0.25) is 13.9 Å². The van der Waals surface area contributed by atoms with E-state index in [0.29, 0.717) is 27.8 Å². The van der Waals surface area contributed by atoms with Crippen LogP contribution in [0.15, 0.2) is 71.6 Å². The van der Waals surface area contributed by atoms with Crippen molar-refractivity contribution < 1.29 is 22.7 Å². The van der Waals surface area contributed by atoms with Gasteiger partial charge in [-0.15, -0.1) is 0 Å². The Labute approximate surface area is 252 Å². The van der Waals surface area contributed by atoms with Crippen LogP contribution in [-0.4, -0.2) is 50.9 Å². The molecule has 3 rings (SSSR count). The molecule has 220 valence electrons. The molecule has 2 atom stereocenters. The number of ether oxygens (including phenoxy) is 1. The number of hydrogen-bond acceptors (Lipinski definition) is 5. The Balaban J connectivity index is 2.07. The maximum Gasteiger partial charge on any atom is 0.264 e. The maximum atomic E-state index is 14.0. The first-order valence-electron chi connectivity index (χ1n) is 13.1. The molecule has 0 saturated heterocycles. The summed E-state index contributed by atoms with van der Waals surface area (Å²) < 4.78 is 34.1. The molecule has 0 saturated carbocycles. The Morgan fingerprint density at radius 3 is 2.07 bits per heavy atom. The second-order valence-corrected chi connectivity index (χ2v) is 12.4. The zero-order valence-electron chi connectivity index (χ0n) is 23.7. The molecule has 2 amide bonds. The molecule has 0 fully saturated rings. The molecule has 0 aliphatic rings. The summed E-state index contributed by atoms with van der Waals surface area (Å²) in [7, 11) is -2.68. The Morgan fingerprint density at radius 1 is 0.951 bits per heavy atom. The van der Waals surface area contributed by atoms with Crippen LogP contribution in [-0.2, 0) is 26.2 Å². The van der Waals surface area contributed by atoms with Crippen molar-refractivity contribution in [1.82, 2.24) is 10.2 Å². The van der Waals surface area contributed by atoms with Crippen LogP contribution < -0.4 is 14.4 Å². The fourth-order valence-corrected chi connectivity index (χ4v) is 5.95. The Kier molecular flexibility index (Phi) is 11.1. The number of anilines is 1. The number of carbonyl (C=O) groups excluding carboxylic acids is 2. The number of aryl methyl sites for hydroxylation is 1. The largest absolute Gasteiger partial charge is 0.497 e. The van der Waals surface area contributed by atoms with Crippen LogP contribution in [0.1, 0.15) is 38.3 Å². The number of nitrogens with zero attached hydrogens (tertiary/aromatic N) is 2. The number of hydrogen-bond donors (Lipinski definition) is 1. The average molecular weight is 621 g/mol. The SMILES string of the molecule is CCC(C)NC(=O)C(C)N(Cc1c(Cl)cccc1Cl)C(=O)CN(c1ccc(OC)cc1)S(=O)(=O)c1ccc(C)cc1. The zero-order chi connectivity index (χ0) is 30.3. The van der Waals surface area contributed by atoms with Crippen molar-refractivity contribution in [3.8, 4) is 5.75 Å². The molecule has 41 heavy (non-hydrogen) atoms. The van der Waals surface area contributed by atoms with Gasteiger partial charge >= 0.3 is 0 Å². The van der Waals surface area contributed by atoms with Gasteiger partial charge in [-0.1, -0.05) is 53.9 Å². The average Bonchev–Trinajstić information content (AvgIpc) is 2.95. The quantitative estimate of drug-likeness (QED) is 0.275. The highest BCUT2D eigenvalue weighted by molar-refractivity contribution is 7.92. The van der Waals surface area contributed by atoms with Crippen molar-refractivity contribution in [2.45, 2.75) is 57.6 Å². The van der Waals surface area contributed by atoms with E-state index < -0.39 is 28.5 Å². The highest BCUT2D eigenvalue weighted by Gasteiger charge is 2.33. The maximum absolute atomic E-state index is 14.0. The lowest BCUT2D eigenvalue weighted by molar-refractivity contribution is -0.139. The second-order valence-electron chi connectivity index (χ2n) is 9.74. The van der Waals surface area contributed by atoms with Gasteiger partial charge in [0.25, 0.3) is 10.0 Å². The monoisotopic (exact) mass is 619 g/mol.